The van der Waals surface area contributed by atoms with Crippen molar-refractivity contribution >= 4 is 28.4 Å². The molecule has 8 nitrogen and oxygen atoms in total. The predicted molar refractivity (Wildman–Crippen MR) is 108 cm³/mol. The van der Waals surface area contributed by atoms with Crippen LogP contribution in [0, 0.1) is 5.82 Å². The number of ether oxygens (including phenoxy) is 2. The first kappa shape index (κ1) is 18.6. The summed E-state index contributed by atoms with van der Waals surface area (Å²) in [6.07, 6.45) is 2.62. The lowest BCUT2D eigenvalue weighted by Gasteiger charge is -2.10. The summed E-state index contributed by atoms with van der Waals surface area (Å²) in [5.74, 6) is 0.477. The van der Waals surface area contributed by atoms with E-state index >= 15 is 0 Å². The summed E-state index contributed by atoms with van der Waals surface area (Å²) >= 11 is 0. The maximum atomic E-state index is 14.4. The van der Waals surface area contributed by atoms with Crippen molar-refractivity contribution in [3.05, 3.63) is 60.8 Å². The van der Waals surface area contributed by atoms with Crippen LogP contribution in [0.4, 0.5) is 21.7 Å². The van der Waals surface area contributed by atoms with Gasteiger partial charge in [-0.1, -0.05) is 0 Å². The van der Waals surface area contributed by atoms with Gasteiger partial charge in [0.05, 0.1) is 23.8 Å². The number of anilines is 3. The molecule has 29 heavy (non-hydrogen) atoms. The highest BCUT2D eigenvalue weighted by molar-refractivity contribution is 5.80. The standard InChI is InChI=1S/C20H19FN6O2/c1-28-8-9-29-15-5-3-14(4-6-15)25-20-23-11-16(21)19(26-20)27-12-24-17-7-2-13(22)10-18(17)27/h2-7,10-12H,8-9,22H2,1H3,(H,23,25,26). The highest BCUT2D eigenvalue weighted by atomic mass is 19.1. The Labute approximate surface area is 166 Å². The molecule has 0 fully saturated rings. The second-order valence-corrected chi connectivity index (χ2v) is 6.22. The summed E-state index contributed by atoms with van der Waals surface area (Å²) in [5, 5.41) is 3.06. The molecule has 0 atom stereocenters. The predicted octanol–water partition coefficient (Wildman–Crippen LogP) is 3.31. The average Bonchev–Trinajstić information content (AvgIpc) is 3.14. The van der Waals surface area contributed by atoms with Crippen molar-refractivity contribution in [1.82, 2.24) is 19.5 Å². The molecule has 0 bridgehead atoms. The number of nitrogen functional groups attached to an aromatic ring is 1. The summed E-state index contributed by atoms with van der Waals surface area (Å²) in [4.78, 5) is 12.6. The average molecular weight is 394 g/mol. The first-order chi connectivity index (χ1) is 14.1. The molecule has 0 radical (unpaired) electrons. The molecule has 0 aliphatic rings. The molecule has 0 aliphatic heterocycles. The fraction of sp³-hybridized carbons (Fsp3) is 0.150. The van der Waals surface area contributed by atoms with Gasteiger partial charge in [0.1, 0.15) is 18.7 Å². The number of fused-ring (bicyclic) bond motifs is 1. The van der Waals surface area contributed by atoms with Gasteiger partial charge in [-0.25, -0.2) is 14.4 Å². The topological polar surface area (TPSA) is 100 Å². The monoisotopic (exact) mass is 394 g/mol. The van der Waals surface area contributed by atoms with Crippen molar-refractivity contribution in [2.45, 2.75) is 0 Å². The number of nitrogens with two attached hydrogens (primary N) is 1. The first-order valence-corrected chi connectivity index (χ1v) is 8.88. The molecule has 0 saturated heterocycles. The summed E-state index contributed by atoms with van der Waals surface area (Å²) in [5.41, 5.74) is 8.50. The minimum absolute atomic E-state index is 0.0788. The second kappa shape index (κ2) is 8.11. The Balaban J connectivity index is 1.58. The number of nitrogens with zero attached hydrogens (tertiary/aromatic N) is 4. The van der Waals surface area contributed by atoms with Gasteiger partial charge in [-0.05, 0) is 42.5 Å². The van der Waals surface area contributed by atoms with Gasteiger partial charge < -0.3 is 20.5 Å². The molecule has 0 spiro atoms. The van der Waals surface area contributed by atoms with Gasteiger partial charge >= 0.3 is 0 Å². The molecule has 4 aromatic rings. The largest absolute Gasteiger partial charge is 0.491 e. The van der Waals surface area contributed by atoms with E-state index in [-0.39, 0.29) is 11.8 Å². The molecule has 9 heteroatoms. The highest BCUT2D eigenvalue weighted by Gasteiger charge is 2.13. The third kappa shape index (κ3) is 4.09. The Hall–Kier alpha value is -3.72. The lowest BCUT2D eigenvalue weighted by molar-refractivity contribution is 0.146. The van der Waals surface area contributed by atoms with Crippen LogP contribution in [0.25, 0.3) is 16.9 Å². The molecule has 0 unspecified atom stereocenters. The third-order valence-corrected chi connectivity index (χ3v) is 4.19. The number of halogens is 1. The number of rotatable bonds is 7. The van der Waals surface area contributed by atoms with Crippen molar-refractivity contribution in [2.24, 2.45) is 0 Å². The molecular formula is C20H19FN6O2. The fourth-order valence-electron chi connectivity index (χ4n) is 2.79. The van der Waals surface area contributed by atoms with E-state index < -0.39 is 5.82 Å². The third-order valence-electron chi connectivity index (χ3n) is 4.19. The van der Waals surface area contributed by atoms with Crippen molar-refractivity contribution < 1.29 is 13.9 Å². The van der Waals surface area contributed by atoms with Gasteiger partial charge in [0.25, 0.3) is 0 Å². The molecule has 2 aromatic heterocycles. The van der Waals surface area contributed by atoms with E-state index in [1.807, 2.05) is 24.3 Å². The maximum Gasteiger partial charge on any atom is 0.229 e. The Morgan fingerprint density at radius 1 is 1.10 bits per heavy atom. The first-order valence-electron chi connectivity index (χ1n) is 8.88. The van der Waals surface area contributed by atoms with E-state index in [4.69, 9.17) is 15.2 Å². The smallest absolute Gasteiger partial charge is 0.229 e. The summed E-state index contributed by atoms with van der Waals surface area (Å²) in [7, 11) is 1.62. The normalized spacial score (nSPS) is 11.0. The van der Waals surface area contributed by atoms with Gasteiger partial charge in [-0.15, -0.1) is 0 Å². The number of hydrogen-bond acceptors (Lipinski definition) is 7. The Morgan fingerprint density at radius 3 is 2.72 bits per heavy atom. The van der Waals surface area contributed by atoms with Crippen molar-refractivity contribution in [1.29, 1.82) is 0 Å². The molecular weight excluding hydrogens is 375 g/mol. The van der Waals surface area contributed by atoms with Crippen LogP contribution in [0.1, 0.15) is 0 Å². The zero-order valence-corrected chi connectivity index (χ0v) is 15.7. The van der Waals surface area contributed by atoms with E-state index in [9.17, 15) is 4.39 Å². The zero-order chi connectivity index (χ0) is 20.2. The highest BCUT2D eigenvalue weighted by Crippen LogP contribution is 2.23. The Morgan fingerprint density at radius 2 is 1.93 bits per heavy atom. The minimum atomic E-state index is -0.570. The van der Waals surface area contributed by atoms with Crippen LogP contribution >= 0.6 is 0 Å². The van der Waals surface area contributed by atoms with Crippen molar-refractivity contribution in [3.63, 3.8) is 0 Å². The number of imidazole rings is 1. The van der Waals surface area contributed by atoms with Crippen molar-refractivity contribution in [3.8, 4) is 11.6 Å². The summed E-state index contributed by atoms with van der Waals surface area (Å²) < 4.78 is 26.5. The van der Waals surface area contributed by atoms with E-state index in [2.05, 4.69) is 20.3 Å². The van der Waals surface area contributed by atoms with Crippen LogP contribution in [0.5, 0.6) is 5.75 Å². The molecule has 0 saturated carbocycles. The van der Waals surface area contributed by atoms with Gasteiger partial charge in [-0.2, -0.15) is 4.98 Å². The van der Waals surface area contributed by atoms with Gasteiger partial charge in [0.15, 0.2) is 11.6 Å². The zero-order valence-electron chi connectivity index (χ0n) is 15.7. The van der Waals surface area contributed by atoms with Crippen LogP contribution < -0.4 is 15.8 Å². The van der Waals surface area contributed by atoms with Crippen molar-refractivity contribution in [2.75, 3.05) is 31.4 Å². The number of aromatic nitrogens is 4. The second-order valence-electron chi connectivity index (χ2n) is 6.22. The van der Waals surface area contributed by atoms with E-state index in [0.717, 1.165) is 17.6 Å². The fourth-order valence-corrected chi connectivity index (χ4v) is 2.79. The minimum Gasteiger partial charge on any atom is -0.491 e. The van der Waals surface area contributed by atoms with E-state index in [1.54, 1.807) is 29.9 Å². The number of benzene rings is 2. The SMILES string of the molecule is COCCOc1ccc(Nc2ncc(F)c(-n3cnc4ccc(N)cc43)n2)cc1. The number of hydrogen-bond donors (Lipinski definition) is 2. The van der Waals surface area contributed by atoms with E-state index in [0.29, 0.717) is 29.9 Å². The lowest BCUT2D eigenvalue weighted by atomic mass is 10.3. The van der Waals surface area contributed by atoms with Crippen LogP contribution in [0.15, 0.2) is 55.0 Å². The van der Waals surface area contributed by atoms with Crippen LogP contribution in [-0.4, -0.2) is 39.8 Å². The molecule has 148 valence electrons. The van der Waals surface area contributed by atoms with Gasteiger partial charge in [0, 0.05) is 18.5 Å². The van der Waals surface area contributed by atoms with Gasteiger partial charge in [0.2, 0.25) is 5.95 Å². The number of nitrogens with one attached hydrogen (secondary N) is 1. The molecule has 2 aromatic carbocycles. The molecule has 0 aliphatic carbocycles. The molecule has 0 amide bonds. The Kier molecular flexibility index (Phi) is 5.21. The number of methoxy groups -OCH3 is 1. The van der Waals surface area contributed by atoms with Crippen LogP contribution in [0.3, 0.4) is 0 Å². The molecule has 4 rings (SSSR count). The summed E-state index contributed by atoms with van der Waals surface area (Å²) in [6.45, 7) is 0.984. The molecule has 3 N–H and O–H groups in total. The van der Waals surface area contributed by atoms with Crippen LogP contribution in [0.2, 0.25) is 0 Å². The van der Waals surface area contributed by atoms with E-state index in [1.165, 1.54) is 6.33 Å². The van der Waals surface area contributed by atoms with Crippen LogP contribution in [-0.2, 0) is 4.74 Å². The lowest BCUT2D eigenvalue weighted by Crippen LogP contribution is -2.06. The quantitative estimate of drug-likeness (QED) is 0.366. The summed E-state index contributed by atoms with van der Waals surface area (Å²) in [6, 6.07) is 12.5. The molecule has 2 heterocycles. The van der Waals surface area contributed by atoms with Gasteiger partial charge in [-0.3, -0.25) is 4.57 Å². The maximum absolute atomic E-state index is 14.4. The Bertz CT molecular complexity index is 1130.